The zero-order chi connectivity index (χ0) is 25.4. The Balaban J connectivity index is 1.49. The van der Waals surface area contributed by atoms with E-state index in [4.69, 9.17) is 14.2 Å². The summed E-state index contributed by atoms with van der Waals surface area (Å²) in [7, 11) is 0. The van der Waals surface area contributed by atoms with Crippen LogP contribution in [0.5, 0.6) is 0 Å². The van der Waals surface area contributed by atoms with Crippen LogP contribution in [0.15, 0.2) is 6.20 Å². The Morgan fingerprint density at radius 2 is 1.57 bits per heavy atom. The van der Waals surface area contributed by atoms with Gasteiger partial charge in [0.15, 0.2) is 12.5 Å². The highest BCUT2D eigenvalue weighted by Crippen LogP contribution is 2.33. The highest BCUT2D eigenvalue weighted by Gasteiger charge is 2.51. The van der Waals surface area contributed by atoms with Crippen molar-refractivity contribution in [1.29, 1.82) is 0 Å². The average molecular weight is 508 g/mol. The number of hydrogen-bond acceptors (Lipinski definition) is 15. The molecule has 200 valence electrons. The fourth-order valence-corrected chi connectivity index (χ4v) is 4.51. The molecule has 1 aromatic heterocycles. The Hall–Kier alpha value is -1.38. The van der Waals surface area contributed by atoms with E-state index in [0.717, 1.165) is 4.68 Å². The van der Waals surface area contributed by atoms with E-state index in [9.17, 15) is 46.0 Å². The number of hydrogen-bond donors (Lipinski definition) is 10. The van der Waals surface area contributed by atoms with Gasteiger partial charge in [-0.25, -0.2) is 4.68 Å². The number of rotatable bonds is 7. The van der Waals surface area contributed by atoms with E-state index in [1.165, 1.54) is 6.20 Å². The molecule has 13 atom stereocenters. The lowest BCUT2D eigenvalue weighted by Crippen LogP contribution is -2.63. The number of β-amino-alcohol motifs (C(OH)–C–C–N with tert-alkyl or cyclic N) is 1. The maximum atomic E-state index is 10.9. The Bertz CT molecular complexity index is 832. The fourth-order valence-electron chi connectivity index (χ4n) is 4.51. The van der Waals surface area contributed by atoms with Crippen molar-refractivity contribution in [1.82, 2.24) is 20.3 Å². The minimum atomic E-state index is -1.78. The second kappa shape index (κ2) is 10.9. The molecule has 3 saturated heterocycles. The molecule has 0 aliphatic carbocycles. The van der Waals surface area contributed by atoms with Crippen LogP contribution >= 0.6 is 0 Å². The molecular formula is C19H32N4O12. The van der Waals surface area contributed by atoms with Crippen molar-refractivity contribution in [3.8, 4) is 0 Å². The molecule has 1 aromatic rings. The Labute approximate surface area is 198 Å². The second-order valence-corrected chi connectivity index (χ2v) is 8.99. The van der Waals surface area contributed by atoms with Crippen molar-refractivity contribution in [3.63, 3.8) is 0 Å². The van der Waals surface area contributed by atoms with Gasteiger partial charge in [0.2, 0.25) is 0 Å². The average Bonchev–Trinajstić information content (AvgIpc) is 3.44. The molecule has 0 amide bonds. The van der Waals surface area contributed by atoms with Crippen LogP contribution in [0.2, 0.25) is 0 Å². The van der Waals surface area contributed by atoms with E-state index in [1.807, 2.05) is 0 Å². The lowest BCUT2D eigenvalue weighted by atomic mass is 9.96. The lowest BCUT2D eigenvalue weighted by Gasteiger charge is -2.45. The molecule has 16 nitrogen and oxygen atoms in total. The number of nitrogens with one attached hydrogen (secondary N) is 1. The quantitative estimate of drug-likeness (QED) is 0.164. The fraction of sp³-hybridized carbons (Fsp3) is 0.895. The summed E-state index contributed by atoms with van der Waals surface area (Å²) in [6, 6.07) is -0.471. The van der Waals surface area contributed by atoms with Gasteiger partial charge < -0.3 is 65.5 Å². The van der Waals surface area contributed by atoms with Crippen molar-refractivity contribution < 1.29 is 60.2 Å². The molecule has 16 heteroatoms. The van der Waals surface area contributed by atoms with E-state index >= 15 is 0 Å². The maximum absolute atomic E-state index is 10.9. The first-order valence-electron chi connectivity index (χ1n) is 11.2. The maximum Gasteiger partial charge on any atom is 0.187 e. The number of ether oxygens (including phenoxy) is 3. The Kier molecular flexibility index (Phi) is 8.33. The third-order valence-corrected chi connectivity index (χ3v) is 6.62. The molecule has 10 N–H and O–H groups in total. The first-order valence-corrected chi connectivity index (χ1v) is 11.2. The van der Waals surface area contributed by atoms with Gasteiger partial charge in [-0.2, -0.15) is 0 Å². The third kappa shape index (κ3) is 5.21. The molecule has 3 aliphatic heterocycles. The first kappa shape index (κ1) is 26.7. The third-order valence-electron chi connectivity index (χ3n) is 6.62. The topological polar surface area (TPSA) is 252 Å². The van der Waals surface area contributed by atoms with Crippen LogP contribution in [-0.2, 0) is 20.6 Å². The summed E-state index contributed by atoms with van der Waals surface area (Å²) >= 11 is 0. The highest BCUT2D eigenvalue weighted by atomic mass is 16.7. The molecule has 0 spiro atoms. The molecule has 0 saturated carbocycles. The van der Waals surface area contributed by atoms with Gasteiger partial charge in [-0.3, -0.25) is 0 Å². The summed E-state index contributed by atoms with van der Waals surface area (Å²) in [5, 5.41) is 101. The molecule has 35 heavy (non-hydrogen) atoms. The van der Waals surface area contributed by atoms with Crippen LogP contribution in [0.4, 0.5) is 0 Å². The molecule has 4 heterocycles. The normalized spacial score (nSPS) is 46.7. The summed E-state index contributed by atoms with van der Waals surface area (Å²) in [6.45, 7) is -1.15. The van der Waals surface area contributed by atoms with E-state index in [-0.39, 0.29) is 13.0 Å². The van der Waals surface area contributed by atoms with Crippen LogP contribution in [0.25, 0.3) is 0 Å². The predicted molar refractivity (Wildman–Crippen MR) is 109 cm³/mol. The highest BCUT2D eigenvalue weighted by molar-refractivity contribution is 5.03. The van der Waals surface area contributed by atoms with Gasteiger partial charge in [-0.05, 0) is 0 Å². The summed E-state index contributed by atoms with van der Waals surface area (Å²) in [5.41, 5.74) is 0.393. The van der Waals surface area contributed by atoms with Crippen LogP contribution < -0.4 is 5.32 Å². The van der Waals surface area contributed by atoms with Crippen LogP contribution in [0, 0.1) is 0 Å². The van der Waals surface area contributed by atoms with Gasteiger partial charge in [-0.1, -0.05) is 5.21 Å². The van der Waals surface area contributed by atoms with E-state index in [1.54, 1.807) is 0 Å². The largest absolute Gasteiger partial charge is 0.394 e. The molecule has 3 aliphatic rings. The first-order chi connectivity index (χ1) is 16.7. The van der Waals surface area contributed by atoms with Gasteiger partial charge in [0.1, 0.15) is 48.8 Å². The van der Waals surface area contributed by atoms with Gasteiger partial charge in [0.05, 0.1) is 37.3 Å². The second-order valence-electron chi connectivity index (χ2n) is 8.99. The molecule has 3 fully saturated rings. The Morgan fingerprint density at radius 1 is 0.886 bits per heavy atom. The monoisotopic (exact) mass is 508 g/mol. The van der Waals surface area contributed by atoms with E-state index < -0.39 is 92.8 Å². The van der Waals surface area contributed by atoms with E-state index in [0.29, 0.717) is 5.69 Å². The Morgan fingerprint density at radius 3 is 2.20 bits per heavy atom. The smallest absolute Gasteiger partial charge is 0.187 e. The van der Waals surface area contributed by atoms with Crippen LogP contribution in [0.1, 0.15) is 11.9 Å². The SMILES string of the molecule is OCC1O[C@@H](OC2C(O)[C@H](n3cc(C[C@@H]4NC[C@@H](O)[C@H]4O)nn3)OC(CO)[C@H]2O)C(O)C(O)[C@@H]1O. The van der Waals surface area contributed by atoms with Gasteiger partial charge in [-0.15, -0.1) is 5.10 Å². The minimum Gasteiger partial charge on any atom is -0.394 e. The van der Waals surface area contributed by atoms with Crippen molar-refractivity contribution in [2.45, 2.75) is 86.0 Å². The molecule has 6 unspecified atom stereocenters. The van der Waals surface area contributed by atoms with E-state index in [2.05, 4.69) is 15.6 Å². The van der Waals surface area contributed by atoms with Crippen molar-refractivity contribution >= 4 is 0 Å². The standard InChI is InChI=1S/C19H32N4O12/c24-4-9-12(28)14(30)15(31)19(34-9)35-17-13(29)10(5-25)33-18(16(17)32)23-3-6(21-22-23)1-7-11(27)8(26)2-20-7/h3,7-20,24-32H,1-2,4-5H2/t7-,8+,9?,10?,11-,12+,13+,14?,15?,16?,17?,18+,19-/m0/s1. The molecule has 0 aromatic carbocycles. The molecule has 0 bridgehead atoms. The molecular weight excluding hydrogens is 476 g/mol. The zero-order valence-electron chi connectivity index (χ0n) is 18.5. The van der Waals surface area contributed by atoms with Crippen LogP contribution in [-0.4, -0.2) is 154 Å². The lowest BCUT2D eigenvalue weighted by molar-refractivity contribution is -0.347. The summed E-state index contributed by atoms with van der Waals surface area (Å²) < 4.78 is 17.6. The van der Waals surface area contributed by atoms with Crippen molar-refractivity contribution in [2.75, 3.05) is 19.8 Å². The van der Waals surface area contributed by atoms with Crippen LogP contribution in [0.3, 0.4) is 0 Å². The number of nitrogens with zero attached hydrogens (tertiary/aromatic N) is 3. The van der Waals surface area contributed by atoms with Gasteiger partial charge >= 0.3 is 0 Å². The zero-order valence-corrected chi connectivity index (χ0v) is 18.5. The predicted octanol–water partition coefficient (Wildman–Crippen LogP) is -6.69. The molecule has 0 radical (unpaired) electrons. The summed E-state index contributed by atoms with van der Waals surface area (Å²) in [4.78, 5) is 0. The number of aliphatic hydroxyl groups excluding tert-OH is 9. The number of aliphatic hydroxyl groups is 9. The summed E-state index contributed by atoms with van der Waals surface area (Å²) in [5.74, 6) is 0. The summed E-state index contributed by atoms with van der Waals surface area (Å²) in [6.07, 6.45) is -15.6. The van der Waals surface area contributed by atoms with Crippen molar-refractivity contribution in [3.05, 3.63) is 11.9 Å². The molecule has 4 rings (SSSR count). The minimum absolute atomic E-state index is 0.206. The van der Waals surface area contributed by atoms with Gasteiger partial charge in [0, 0.05) is 19.0 Å². The van der Waals surface area contributed by atoms with Gasteiger partial charge in [0.25, 0.3) is 0 Å². The number of aromatic nitrogens is 3. The van der Waals surface area contributed by atoms with Crippen molar-refractivity contribution in [2.24, 2.45) is 0 Å².